The molecule has 1 saturated heterocycles. The van der Waals surface area contributed by atoms with Crippen LogP contribution in [0.1, 0.15) is 6.42 Å². The molecule has 0 aromatic rings. The molecule has 0 radical (unpaired) electrons. The minimum atomic E-state index is -0.151. The van der Waals surface area contributed by atoms with Crippen molar-refractivity contribution >= 4 is 5.97 Å². The van der Waals surface area contributed by atoms with Crippen LogP contribution in [0.5, 0.6) is 0 Å². The van der Waals surface area contributed by atoms with Crippen LogP contribution in [-0.2, 0) is 14.3 Å². The monoisotopic (exact) mass is 140 g/mol. The number of ether oxygens (including phenoxy) is 2. The normalized spacial score (nSPS) is 37.4. The second kappa shape index (κ2) is 2.09. The van der Waals surface area contributed by atoms with Gasteiger partial charge in [-0.1, -0.05) is 6.08 Å². The summed E-state index contributed by atoms with van der Waals surface area (Å²) in [5.74, 6) is -0.151. The topological polar surface area (TPSA) is 35.5 Å². The van der Waals surface area contributed by atoms with Crippen LogP contribution in [0.2, 0.25) is 0 Å². The van der Waals surface area contributed by atoms with Gasteiger partial charge in [0.2, 0.25) is 0 Å². The third-order valence-corrected chi connectivity index (χ3v) is 1.73. The minimum Gasteiger partial charge on any atom is -0.455 e. The van der Waals surface area contributed by atoms with Gasteiger partial charge < -0.3 is 9.47 Å². The number of rotatable bonds is 0. The molecule has 2 aliphatic rings. The zero-order valence-corrected chi connectivity index (χ0v) is 5.45. The van der Waals surface area contributed by atoms with Gasteiger partial charge in [0, 0.05) is 0 Å². The van der Waals surface area contributed by atoms with E-state index in [1.807, 2.05) is 12.2 Å². The van der Waals surface area contributed by atoms with Gasteiger partial charge in [-0.15, -0.1) is 0 Å². The summed E-state index contributed by atoms with van der Waals surface area (Å²) in [5, 5.41) is 0. The summed E-state index contributed by atoms with van der Waals surface area (Å²) in [4.78, 5) is 10.7. The Morgan fingerprint density at radius 2 is 2.50 bits per heavy atom. The zero-order valence-electron chi connectivity index (χ0n) is 5.45. The van der Waals surface area contributed by atoms with Gasteiger partial charge in [0.25, 0.3) is 0 Å². The lowest BCUT2D eigenvalue weighted by Gasteiger charge is -2.17. The standard InChI is InChI=1S/C7H8O3/c8-7-4-6-5(10-7)2-1-3-9-6/h1-2,5-6H,3-4H2/t5-,6-/m0/s1. The molecule has 54 valence electrons. The molecule has 0 aromatic carbocycles. The number of hydrogen-bond acceptors (Lipinski definition) is 3. The van der Waals surface area contributed by atoms with E-state index in [0.717, 1.165) is 0 Å². The predicted molar refractivity (Wildman–Crippen MR) is 33.4 cm³/mol. The fraction of sp³-hybridized carbons (Fsp3) is 0.571. The van der Waals surface area contributed by atoms with E-state index in [-0.39, 0.29) is 18.2 Å². The average molecular weight is 140 g/mol. The van der Waals surface area contributed by atoms with E-state index in [0.29, 0.717) is 13.0 Å². The van der Waals surface area contributed by atoms with Crippen molar-refractivity contribution in [2.24, 2.45) is 0 Å². The molecule has 2 rings (SSSR count). The van der Waals surface area contributed by atoms with Crippen LogP contribution >= 0.6 is 0 Å². The van der Waals surface area contributed by atoms with Crippen LogP contribution in [0.3, 0.4) is 0 Å². The number of esters is 1. The number of hydrogen-bond donors (Lipinski definition) is 0. The molecule has 0 aromatic heterocycles. The van der Waals surface area contributed by atoms with Gasteiger partial charge in [0.1, 0.15) is 12.2 Å². The maximum absolute atomic E-state index is 10.7. The van der Waals surface area contributed by atoms with Crippen molar-refractivity contribution < 1.29 is 14.3 Å². The van der Waals surface area contributed by atoms with Crippen molar-refractivity contribution in [1.82, 2.24) is 0 Å². The quantitative estimate of drug-likeness (QED) is 0.357. The molecule has 2 heterocycles. The van der Waals surface area contributed by atoms with E-state index in [1.165, 1.54) is 0 Å². The molecule has 0 spiro atoms. The average Bonchev–Trinajstić information content (AvgIpc) is 2.27. The Morgan fingerprint density at radius 1 is 1.60 bits per heavy atom. The van der Waals surface area contributed by atoms with Crippen molar-refractivity contribution in [3.8, 4) is 0 Å². The van der Waals surface area contributed by atoms with Gasteiger partial charge in [0.15, 0.2) is 0 Å². The molecule has 10 heavy (non-hydrogen) atoms. The fourth-order valence-corrected chi connectivity index (χ4v) is 1.24. The second-order valence-corrected chi connectivity index (χ2v) is 2.46. The Kier molecular flexibility index (Phi) is 1.24. The molecular weight excluding hydrogens is 132 g/mol. The largest absolute Gasteiger partial charge is 0.455 e. The molecule has 1 fully saturated rings. The van der Waals surface area contributed by atoms with Crippen molar-refractivity contribution in [2.45, 2.75) is 18.6 Å². The summed E-state index contributed by atoms with van der Waals surface area (Å²) in [6.45, 7) is 0.609. The van der Waals surface area contributed by atoms with Crippen LogP contribution in [-0.4, -0.2) is 24.8 Å². The lowest BCUT2D eigenvalue weighted by Crippen LogP contribution is -2.25. The Bertz CT molecular complexity index is 185. The Labute approximate surface area is 58.6 Å². The highest BCUT2D eigenvalue weighted by atomic mass is 16.6. The highest BCUT2D eigenvalue weighted by Crippen LogP contribution is 2.21. The van der Waals surface area contributed by atoms with Gasteiger partial charge in [-0.2, -0.15) is 0 Å². The summed E-state index contributed by atoms with van der Waals surface area (Å²) >= 11 is 0. The summed E-state index contributed by atoms with van der Waals surface area (Å²) in [7, 11) is 0. The Hall–Kier alpha value is -0.830. The molecule has 2 aliphatic heterocycles. The molecule has 2 atom stereocenters. The third-order valence-electron chi connectivity index (χ3n) is 1.73. The van der Waals surface area contributed by atoms with E-state index in [1.54, 1.807) is 0 Å². The number of carbonyl (C=O) groups is 1. The van der Waals surface area contributed by atoms with Gasteiger partial charge in [-0.3, -0.25) is 4.79 Å². The predicted octanol–water partition coefficient (Wildman–Crippen LogP) is 0.257. The molecule has 0 aliphatic carbocycles. The second-order valence-electron chi connectivity index (χ2n) is 2.46. The van der Waals surface area contributed by atoms with Crippen molar-refractivity contribution in [3.05, 3.63) is 12.2 Å². The van der Waals surface area contributed by atoms with E-state index in [4.69, 9.17) is 9.47 Å². The molecule has 0 saturated carbocycles. The molecule has 0 amide bonds. The first kappa shape index (κ1) is 5.92. The van der Waals surface area contributed by atoms with Crippen LogP contribution in [0, 0.1) is 0 Å². The van der Waals surface area contributed by atoms with E-state index >= 15 is 0 Å². The maximum Gasteiger partial charge on any atom is 0.309 e. The highest BCUT2D eigenvalue weighted by Gasteiger charge is 2.34. The van der Waals surface area contributed by atoms with Crippen LogP contribution < -0.4 is 0 Å². The molecule has 3 heteroatoms. The molecule has 0 unspecified atom stereocenters. The highest BCUT2D eigenvalue weighted by molar-refractivity contribution is 5.73. The van der Waals surface area contributed by atoms with Gasteiger partial charge in [-0.25, -0.2) is 0 Å². The fourth-order valence-electron chi connectivity index (χ4n) is 1.24. The summed E-state index contributed by atoms with van der Waals surface area (Å²) in [6, 6.07) is 0. The number of carbonyl (C=O) groups excluding carboxylic acids is 1. The van der Waals surface area contributed by atoms with E-state index < -0.39 is 0 Å². The first-order valence-electron chi connectivity index (χ1n) is 3.34. The SMILES string of the molecule is O=C1C[C@@H]2OCC=C[C@@H]2O1. The molecule has 3 nitrogen and oxygen atoms in total. The molecular formula is C7H8O3. The Balaban J connectivity index is 2.15. The maximum atomic E-state index is 10.7. The lowest BCUT2D eigenvalue weighted by molar-refractivity contribution is -0.140. The van der Waals surface area contributed by atoms with Crippen LogP contribution in [0.15, 0.2) is 12.2 Å². The number of fused-ring (bicyclic) bond motifs is 1. The van der Waals surface area contributed by atoms with E-state index in [2.05, 4.69) is 0 Å². The van der Waals surface area contributed by atoms with Crippen LogP contribution in [0.25, 0.3) is 0 Å². The van der Waals surface area contributed by atoms with Gasteiger partial charge >= 0.3 is 5.97 Å². The molecule has 0 bridgehead atoms. The van der Waals surface area contributed by atoms with Crippen molar-refractivity contribution in [3.63, 3.8) is 0 Å². The van der Waals surface area contributed by atoms with Crippen molar-refractivity contribution in [1.29, 1.82) is 0 Å². The minimum absolute atomic E-state index is 0.0162. The smallest absolute Gasteiger partial charge is 0.309 e. The third kappa shape index (κ3) is 0.827. The van der Waals surface area contributed by atoms with Crippen molar-refractivity contribution in [2.75, 3.05) is 6.61 Å². The van der Waals surface area contributed by atoms with Gasteiger partial charge in [-0.05, 0) is 6.08 Å². The Morgan fingerprint density at radius 3 is 3.30 bits per heavy atom. The van der Waals surface area contributed by atoms with E-state index in [9.17, 15) is 4.79 Å². The first-order valence-corrected chi connectivity index (χ1v) is 3.34. The lowest BCUT2D eigenvalue weighted by atomic mass is 10.1. The van der Waals surface area contributed by atoms with Crippen LogP contribution in [0.4, 0.5) is 0 Å². The summed E-state index contributed by atoms with van der Waals surface area (Å²) in [5.41, 5.74) is 0. The zero-order chi connectivity index (χ0) is 6.97. The summed E-state index contributed by atoms with van der Waals surface area (Å²) < 4.78 is 10.2. The molecule has 0 N–H and O–H groups in total. The first-order chi connectivity index (χ1) is 4.86. The van der Waals surface area contributed by atoms with Gasteiger partial charge in [0.05, 0.1) is 13.0 Å². The summed E-state index contributed by atoms with van der Waals surface area (Å²) in [6.07, 6.45) is 4.05.